The predicted molar refractivity (Wildman–Crippen MR) is 121 cm³/mol. The van der Waals surface area contributed by atoms with E-state index >= 15 is 0 Å². The van der Waals surface area contributed by atoms with Crippen LogP contribution >= 0.6 is 0 Å². The summed E-state index contributed by atoms with van der Waals surface area (Å²) >= 11 is 0. The molecule has 6 heteroatoms. The summed E-state index contributed by atoms with van der Waals surface area (Å²) in [6, 6.07) is 22.3. The Balaban J connectivity index is 1.45. The summed E-state index contributed by atoms with van der Waals surface area (Å²) in [5, 5.41) is 0. The third-order valence-electron chi connectivity index (χ3n) is 6.24. The molecule has 0 fully saturated rings. The normalized spacial score (nSPS) is 18.5. The fraction of sp³-hybridized carbons (Fsp3) is 0.240. The molecule has 1 atom stereocenters. The number of carbonyl (C=O) groups excluding carboxylic acids is 1. The first-order valence-electron chi connectivity index (χ1n) is 10.5. The number of anilines is 1. The van der Waals surface area contributed by atoms with Crippen LogP contribution in [0, 0.1) is 0 Å². The Hall–Kier alpha value is -2.96. The van der Waals surface area contributed by atoms with Gasteiger partial charge in [-0.05, 0) is 60.7 Å². The maximum atomic E-state index is 13.4. The zero-order chi connectivity index (χ0) is 21.6. The lowest BCUT2D eigenvalue weighted by Crippen LogP contribution is -2.37. The van der Waals surface area contributed by atoms with Gasteiger partial charge < -0.3 is 4.90 Å². The minimum absolute atomic E-state index is 0.0313. The lowest BCUT2D eigenvalue weighted by Gasteiger charge is -2.28. The molecule has 1 unspecified atom stereocenters. The van der Waals surface area contributed by atoms with Gasteiger partial charge in [-0.25, -0.2) is 8.42 Å². The highest BCUT2D eigenvalue weighted by Gasteiger charge is 2.33. The van der Waals surface area contributed by atoms with Gasteiger partial charge in [-0.1, -0.05) is 48.5 Å². The summed E-state index contributed by atoms with van der Waals surface area (Å²) in [5.41, 5.74) is 4.66. The van der Waals surface area contributed by atoms with E-state index in [-0.39, 0.29) is 16.8 Å². The van der Waals surface area contributed by atoms with Crippen LogP contribution < -0.4 is 4.90 Å². The number of fused-ring (bicyclic) bond motifs is 2. The molecule has 0 aliphatic carbocycles. The lowest BCUT2D eigenvalue weighted by atomic mass is 10.0. The van der Waals surface area contributed by atoms with Crippen LogP contribution in [0.4, 0.5) is 5.69 Å². The standard InChI is InChI=1S/C25H24N2O3S/c1-18-15-20-8-4-5-12-24(20)27(18)25(28)21-10-6-11-23(16-21)31(29,30)26-14-13-19-7-2-3-9-22(19)17-26/h2-12,16,18H,13-15,17H2,1H3. The molecule has 2 aliphatic rings. The Bertz CT molecular complexity index is 1270. The van der Waals surface area contributed by atoms with Gasteiger partial charge in [0.05, 0.1) is 4.90 Å². The maximum Gasteiger partial charge on any atom is 0.258 e. The molecule has 5 nitrogen and oxygen atoms in total. The highest BCUT2D eigenvalue weighted by atomic mass is 32.2. The summed E-state index contributed by atoms with van der Waals surface area (Å²) in [4.78, 5) is 15.3. The molecule has 158 valence electrons. The van der Waals surface area contributed by atoms with Crippen LogP contribution in [0.15, 0.2) is 77.7 Å². The quantitative estimate of drug-likeness (QED) is 0.628. The number of sulfonamides is 1. The van der Waals surface area contributed by atoms with E-state index < -0.39 is 10.0 Å². The monoisotopic (exact) mass is 432 g/mol. The van der Waals surface area contributed by atoms with Crippen LogP contribution in [0.5, 0.6) is 0 Å². The molecule has 1 amide bonds. The number of nitrogens with zero attached hydrogens (tertiary/aromatic N) is 2. The Morgan fingerprint density at radius 1 is 0.903 bits per heavy atom. The second kappa shape index (κ2) is 7.62. The zero-order valence-electron chi connectivity index (χ0n) is 17.4. The summed E-state index contributed by atoms with van der Waals surface area (Å²) in [6.45, 7) is 2.81. The molecule has 0 saturated carbocycles. The third-order valence-corrected chi connectivity index (χ3v) is 8.08. The van der Waals surface area contributed by atoms with Crippen LogP contribution in [-0.2, 0) is 29.4 Å². The molecule has 3 aromatic rings. The van der Waals surface area contributed by atoms with Crippen LogP contribution in [0.3, 0.4) is 0 Å². The van der Waals surface area contributed by atoms with E-state index in [0.717, 1.165) is 23.2 Å². The first-order valence-corrected chi connectivity index (χ1v) is 12.0. The highest BCUT2D eigenvalue weighted by Crippen LogP contribution is 2.33. The van der Waals surface area contributed by atoms with Gasteiger partial charge in [-0.15, -0.1) is 0 Å². The van der Waals surface area contributed by atoms with E-state index in [4.69, 9.17) is 0 Å². The van der Waals surface area contributed by atoms with Crippen molar-refractivity contribution in [2.45, 2.75) is 37.2 Å². The van der Waals surface area contributed by atoms with Gasteiger partial charge in [0.25, 0.3) is 5.91 Å². The molecule has 0 spiro atoms. The average molecular weight is 433 g/mol. The molecule has 0 aromatic heterocycles. The molecule has 31 heavy (non-hydrogen) atoms. The minimum atomic E-state index is -3.70. The predicted octanol–water partition coefficient (Wildman–Crippen LogP) is 4.03. The molecular formula is C25H24N2O3S. The van der Waals surface area contributed by atoms with Gasteiger partial charge in [0.15, 0.2) is 0 Å². The number of para-hydroxylation sites is 1. The number of rotatable bonds is 3. The van der Waals surface area contributed by atoms with Crippen molar-refractivity contribution in [3.63, 3.8) is 0 Å². The largest absolute Gasteiger partial charge is 0.305 e. The van der Waals surface area contributed by atoms with Gasteiger partial charge in [0.1, 0.15) is 0 Å². The van der Waals surface area contributed by atoms with Crippen LogP contribution in [0.1, 0.15) is 34.0 Å². The first kappa shape index (κ1) is 20.0. The average Bonchev–Trinajstić information content (AvgIpc) is 3.14. The lowest BCUT2D eigenvalue weighted by molar-refractivity contribution is 0.0981. The van der Waals surface area contributed by atoms with Gasteiger partial charge in [0, 0.05) is 30.4 Å². The Morgan fingerprint density at radius 3 is 2.42 bits per heavy atom. The van der Waals surface area contributed by atoms with E-state index in [1.807, 2.05) is 55.5 Å². The summed E-state index contributed by atoms with van der Waals surface area (Å²) in [7, 11) is -3.70. The zero-order valence-corrected chi connectivity index (χ0v) is 18.2. The molecule has 0 bridgehead atoms. The van der Waals surface area contributed by atoms with Crippen molar-refractivity contribution < 1.29 is 13.2 Å². The second-order valence-electron chi connectivity index (χ2n) is 8.24. The minimum Gasteiger partial charge on any atom is -0.305 e. The van der Waals surface area contributed by atoms with Crippen molar-refractivity contribution in [3.8, 4) is 0 Å². The first-order chi connectivity index (χ1) is 14.9. The number of carbonyl (C=O) groups is 1. The van der Waals surface area contributed by atoms with Gasteiger partial charge in [-0.2, -0.15) is 4.31 Å². The summed E-state index contributed by atoms with van der Waals surface area (Å²) in [6.07, 6.45) is 1.49. The molecule has 0 radical (unpaired) electrons. The van der Waals surface area contributed by atoms with Crippen molar-refractivity contribution in [2.75, 3.05) is 11.4 Å². The van der Waals surface area contributed by atoms with Crippen molar-refractivity contribution in [1.82, 2.24) is 4.31 Å². The Kier molecular flexibility index (Phi) is 4.91. The summed E-state index contributed by atoms with van der Waals surface area (Å²) in [5.74, 6) is -0.168. The molecule has 2 heterocycles. The molecule has 0 saturated heterocycles. The molecule has 3 aromatic carbocycles. The summed E-state index contributed by atoms with van der Waals surface area (Å²) < 4.78 is 28.2. The number of benzene rings is 3. The van der Waals surface area contributed by atoms with Crippen LogP contribution in [0.25, 0.3) is 0 Å². The Morgan fingerprint density at radius 2 is 1.61 bits per heavy atom. The smallest absolute Gasteiger partial charge is 0.258 e. The van der Waals surface area contributed by atoms with Crippen molar-refractivity contribution in [2.24, 2.45) is 0 Å². The highest BCUT2D eigenvalue weighted by molar-refractivity contribution is 7.89. The fourth-order valence-corrected chi connectivity index (χ4v) is 6.09. The van der Waals surface area contributed by atoms with Gasteiger partial charge >= 0.3 is 0 Å². The molecule has 2 aliphatic heterocycles. The van der Waals surface area contributed by atoms with E-state index in [2.05, 4.69) is 0 Å². The van der Waals surface area contributed by atoms with Crippen molar-refractivity contribution >= 4 is 21.6 Å². The topological polar surface area (TPSA) is 57.7 Å². The second-order valence-corrected chi connectivity index (χ2v) is 10.2. The Labute approximate surface area is 183 Å². The van der Waals surface area contributed by atoms with Crippen molar-refractivity contribution in [3.05, 3.63) is 95.1 Å². The van der Waals surface area contributed by atoms with E-state index in [1.54, 1.807) is 23.1 Å². The molecule has 5 rings (SSSR count). The SMILES string of the molecule is CC1Cc2ccccc2N1C(=O)c1cccc(S(=O)(=O)N2CCc3ccccc3C2)c1. The number of hydrogen-bond acceptors (Lipinski definition) is 3. The van der Waals surface area contributed by atoms with E-state index in [0.29, 0.717) is 25.1 Å². The van der Waals surface area contributed by atoms with Gasteiger partial charge in [-0.3, -0.25) is 4.79 Å². The molecular weight excluding hydrogens is 408 g/mol. The third kappa shape index (κ3) is 3.46. The van der Waals surface area contributed by atoms with E-state index in [9.17, 15) is 13.2 Å². The number of amides is 1. The molecule has 0 N–H and O–H groups in total. The van der Waals surface area contributed by atoms with Crippen molar-refractivity contribution in [1.29, 1.82) is 0 Å². The maximum absolute atomic E-state index is 13.4. The fourth-order valence-electron chi connectivity index (χ4n) is 4.63. The van der Waals surface area contributed by atoms with Crippen LogP contribution in [-0.4, -0.2) is 31.2 Å². The van der Waals surface area contributed by atoms with Crippen LogP contribution in [0.2, 0.25) is 0 Å². The van der Waals surface area contributed by atoms with E-state index in [1.165, 1.54) is 15.9 Å². The number of hydrogen-bond donors (Lipinski definition) is 0. The van der Waals surface area contributed by atoms with Gasteiger partial charge in [0.2, 0.25) is 10.0 Å².